The van der Waals surface area contributed by atoms with Crippen LogP contribution in [0.4, 0.5) is 5.69 Å². The van der Waals surface area contributed by atoms with Gasteiger partial charge in [0.1, 0.15) is 0 Å². The van der Waals surface area contributed by atoms with Crippen LogP contribution in [0.3, 0.4) is 0 Å². The van der Waals surface area contributed by atoms with Crippen LogP contribution in [-0.4, -0.2) is 25.5 Å². The molecule has 1 aromatic rings. The van der Waals surface area contributed by atoms with Crippen molar-refractivity contribution in [3.05, 3.63) is 29.3 Å². The van der Waals surface area contributed by atoms with Crippen LogP contribution in [0.25, 0.3) is 0 Å². The Labute approximate surface area is 103 Å². The van der Waals surface area contributed by atoms with Crippen molar-refractivity contribution in [2.24, 2.45) is 0 Å². The lowest BCUT2D eigenvalue weighted by Gasteiger charge is -2.23. The molecule has 1 aromatic carbocycles. The largest absolute Gasteiger partial charge is 0.314 e. The Morgan fingerprint density at radius 1 is 1.41 bits per heavy atom. The summed E-state index contributed by atoms with van der Waals surface area (Å²) >= 11 is 0. The highest BCUT2D eigenvalue weighted by atomic mass is 16.2. The predicted molar refractivity (Wildman–Crippen MR) is 70.4 cm³/mol. The molecule has 1 aliphatic heterocycles. The third kappa shape index (κ3) is 2.50. The van der Waals surface area contributed by atoms with E-state index in [4.69, 9.17) is 0 Å². The summed E-state index contributed by atoms with van der Waals surface area (Å²) < 4.78 is 0. The highest BCUT2D eigenvalue weighted by molar-refractivity contribution is 5.97. The highest BCUT2D eigenvalue weighted by Gasteiger charge is 2.26. The van der Waals surface area contributed by atoms with Crippen LogP contribution >= 0.6 is 0 Å². The summed E-state index contributed by atoms with van der Waals surface area (Å²) in [6, 6.07) is 6.19. The molecule has 0 spiro atoms. The fourth-order valence-corrected chi connectivity index (χ4v) is 2.43. The first-order chi connectivity index (χ1) is 8.09. The van der Waals surface area contributed by atoms with Gasteiger partial charge in [0.05, 0.1) is 6.04 Å². The Balaban J connectivity index is 2.18. The molecule has 0 bridgehead atoms. The second-order valence-electron chi connectivity index (χ2n) is 4.84. The molecule has 0 aliphatic carbocycles. The van der Waals surface area contributed by atoms with Gasteiger partial charge in [-0.25, -0.2) is 0 Å². The molecule has 0 saturated carbocycles. The van der Waals surface area contributed by atoms with Crippen molar-refractivity contribution >= 4 is 11.6 Å². The van der Waals surface area contributed by atoms with E-state index in [0.29, 0.717) is 0 Å². The van der Waals surface area contributed by atoms with Crippen molar-refractivity contribution in [2.45, 2.75) is 32.7 Å². The summed E-state index contributed by atoms with van der Waals surface area (Å²) in [6.45, 7) is 5.07. The van der Waals surface area contributed by atoms with Crippen molar-refractivity contribution in [1.82, 2.24) is 5.32 Å². The third-order valence-electron chi connectivity index (χ3n) is 3.40. The van der Waals surface area contributed by atoms with Gasteiger partial charge in [0.15, 0.2) is 0 Å². The fourth-order valence-electron chi connectivity index (χ4n) is 2.43. The van der Waals surface area contributed by atoms with Gasteiger partial charge in [-0.2, -0.15) is 0 Å². The van der Waals surface area contributed by atoms with Crippen LogP contribution in [0.15, 0.2) is 18.2 Å². The molecule has 0 aromatic heterocycles. The normalized spacial score (nSPS) is 19.4. The first-order valence-corrected chi connectivity index (χ1v) is 6.18. The number of rotatable bonds is 2. The van der Waals surface area contributed by atoms with E-state index in [1.807, 2.05) is 26.1 Å². The second kappa shape index (κ2) is 4.88. The van der Waals surface area contributed by atoms with E-state index in [9.17, 15) is 4.79 Å². The Hall–Kier alpha value is -1.35. The lowest BCUT2D eigenvalue weighted by molar-refractivity contribution is -0.119. The lowest BCUT2D eigenvalue weighted by atomic mass is 10.1. The molecule has 1 saturated heterocycles. The number of likely N-dealkylation sites (N-methyl/N-ethyl adjacent to an activating group) is 1. The second-order valence-corrected chi connectivity index (χ2v) is 4.84. The molecule has 1 aliphatic rings. The molecule has 0 radical (unpaired) electrons. The van der Waals surface area contributed by atoms with Crippen LogP contribution in [-0.2, 0) is 4.79 Å². The summed E-state index contributed by atoms with van der Waals surface area (Å²) in [5.41, 5.74) is 3.39. The molecule has 92 valence electrons. The van der Waals surface area contributed by atoms with E-state index < -0.39 is 0 Å². The number of anilines is 1. The number of hydrogen-bond acceptors (Lipinski definition) is 2. The summed E-state index contributed by atoms with van der Waals surface area (Å²) in [7, 11) is 1.86. The Morgan fingerprint density at radius 2 is 2.18 bits per heavy atom. The maximum atomic E-state index is 12.2. The molecule has 1 heterocycles. The van der Waals surface area contributed by atoms with Crippen molar-refractivity contribution in [2.75, 3.05) is 18.5 Å². The minimum absolute atomic E-state index is 0.000651. The van der Waals surface area contributed by atoms with Gasteiger partial charge in [-0.05, 0) is 44.9 Å². The van der Waals surface area contributed by atoms with Gasteiger partial charge in [-0.3, -0.25) is 4.79 Å². The Kier molecular flexibility index (Phi) is 3.48. The number of amides is 1. The Morgan fingerprint density at radius 3 is 2.76 bits per heavy atom. The van der Waals surface area contributed by atoms with E-state index in [1.165, 1.54) is 5.56 Å². The molecule has 3 heteroatoms. The molecule has 1 atom stereocenters. The number of hydrogen-bond donors (Lipinski definition) is 1. The Bertz CT molecular complexity index is 422. The summed E-state index contributed by atoms with van der Waals surface area (Å²) in [6.07, 6.45) is 2.05. The van der Waals surface area contributed by atoms with Crippen LogP contribution in [0.2, 0.25) is 0 Å². The maximum Gasteiger partial charge on any atom is 0.243 e. The molecule has 17 heavy (non-hydrogen) atoms. The molecular formula is C14H20N2O. The van der Waals surface area contributed by atoms with E-state index in [0.717, 1.165) is 30.6 Å². The van der Waals surface area contributed by atoms with Crippen molar-refractivity contribution in [3.63, 3.8) is 0 Å². The van der Waals surface area contributed by atoms with Crippen LogP contribution < -0.4 is 10.2 Å². The van der Waals surface area contributed by atoms with E-state index in [1.54, 1.807) is 4.90 Å². The molecule has 1 N–H and O–H groups in total. The quantitative estimate of drug-likeness (QED) is 0.846. The van der Waals surface area contributed by atoms with Gasteiger partial charge in [0.25, 0.3) is 0 Å². The van der Waals surface area contributed by atoms with Gasteiger partial charge >= 0.3 is 0 Å². The number of carbonyl (C=O) groups is 1. The first-order valence-electron chi connectivity index (χ1n) is 6.18. The van der Waals surface area contributed by atoms with Gasteiger partial charge in [0, 0.05) is 12.7 Å². The zero-order chi connectivity index (χ0) is 12.4. The number of carbonyl (C=O) groups excluding carboxylic acids is 1. The van der Waals surface area contributed by atoms with Gasteiger partial charge in [-0.15, -0.1) is 0 Å². The van der Waals surface area contributed by atoms with Crippen molar-refractivity contribution < 1.29 is 4.79 Å². The summed E-state index contributed by atoms with van der Waals surface area (Å²) in [5, 5.41) is 3.25. The standard InChI is InChI=1S/C14H20N2O/c1-10-6-7-13(11(2)9-10)16(3)14(17)12-5-4-8-15-12/h6-7,9,12,15H,4-5,8H2,1-3H3/t12-/m1/s1. The van der Waals surface area contributed by atoms with E-state index in [-0.39, 0.29) is 11.9 Å². The minimum Gasteiger partial charge on any atom is -0.314 e. The monoisotopic (exact) mass is 232 g/mol. The maximum absolute atomic E-state index is 12.2. The van der Waals surface area contributed by atoms with Crippen LogP contribution in [0.5, 0.6) is 0 Å². The number of nitrogens with one attached hydrogen (secondary N) is 1. The fraction of sp³-hybridized carbons (Fsp3) is 0.500. The minimum atomic E-state index is 0.000651. The zero-order valence-corrected chi connectivity index (χ0v) is 10.8. The number of aryl methyl sites for hydroxylation is 2. The van der Waals surface area contributed by atoms with Crippen LogP contribution in [0.1, 0.15) is 24.0 Å². The molecule has 1 fully saturated rings. The van der Waals surface area contributed by atoms with Gasteiger partial charge in [0.2, 0.25) is 5.91 Å². The molecule has 3 nitrogen and oxygen atoms in total. The number of benzene rings is 1. The summed E-state index contributed by atoms with van der Waals surface area (Å²) in [4.78, 5) is 14.0. The van der Waals surface area contributed by atoms with E-state index >= 15 is 0 Å². The van der Waals surface area contributed by atoms with Crippen molar-refractivity contribution in [1.29, 1.82) is 0 Å². The van der Waals surface area contributed by atoms with Crippen LogP contribution in [0, 0.1) is 13.8 Å². The average molecular weight is 232 g/mol. The molecule has 0 unspecified atom stereocenters. The van der Waals surface area contributed by atoms with Crippen molar-refractivity contribution in [3.8, 4) is 0 Å². The lowest BCUT2D eigenvalue weighted by Crippen LogP contribution is -2.41. The topological polar surface area (TPSA) is 32.3 Å². The summed E-state index contributed by atoms with van der Waals surface area (Å²) in [5.74, 6) is 0.175. The first kappa shape index (κ1) is 12.1. The van der Waals surface area contributed by atoms with E-state index in [2.05, 4.69) is 18.3 Å². The predicted octanol–water partition coefficient (Wildman–Crippen LogP) is 2.02. The average Bonchev–Trinajstić information content (AvgIpc) is 2.80. The van der Waals surface area contributed by atoms with Gasteiger partial charge < -0.3 is 10.2 Å². The smallest absolute Gasteiger partial charge is 0.243 e. The van der Waals surface area contributed by atoms with Gasteiger partial charge in [-0.1, -0.05) is 17.7 Å². The zero-order valence-electron chi connectivity index (χ0n) is 10.8. The molecule has 1 amide bonds. The third-order valence-corrected chi connectivity index (χ3v) is 3.40. The highest BCUT2D eigenvalue weighted by Crippen LogP contribution is 2.21. The SMILES string of the molecule is Cc1ccc(N(C)C(=O)[C@H]2CCCN2)c(C)c1. The number of nitrogens with zero attached hydrogens (tertiary/aromatic N) is 1. The molecule has 2 rings (SSSR count). The molecular weight excluding hydrogens is 212 g/mol.